The minimum absolute atomic E-state index is 0.153. The van der Waals surface area contributed by atoms with Crippen molar-refractivity contribution in [3.8, 4) is 11.4 Å². The van der Waals surface area contributed by atoms with E-state index in [0.717, 1.165) is 6.54 Å². The lowest BCUT2D eigenvalue weighted by atomic mass is 9.75. The molecule has 184 valence electrons. The third-order valence-electron chi connectivity index (χ3n) is 6.61. The molecule has 2 aromatic heterocycles. The summed E-state index contributed by atoms with van der Waals surface area (Å²) in [5.74, 6) is -0.826. The monoisotopic (exact) mass is 492 g/mol. The molecule has 1 amide bonds. The van der Waals surface area contributed by atoms with Crippen LogP contribution in [0, 0.1) is 5.41 Å². The number of aromatic nitrogens is 3. The lowest BCUT2D eigenvalue weighted by Gasteiger charge is -2.37. The second-order valence-electron chi connectivity index (χ2n) is 10.0. The summed E-state index contributed by atoms with van der Waals surface area (Å²) in [7, 11) is 2.00. The lowest BCUT2D eigenvalue weighted by molar-refractivity contribution is 0.0452. The molecule has 11 heteroatoms. The molecule has 4 unspecified atom stereocenters. The molecule has 2 aliphatic heterocycles. The van der Waals surface area contributed by atoms with E-state index in [1.165, 1.54) is 6.33 Å². The van der Waals surface area contributed by atoms with Crippen LogP contribution >= 0.6 is 9.24 Å². The van der Waals surface area contributed by atoms with Gasteiger partial charge in [0.05, 0.1) is 11.3 Å². The number of pyridine rings is 1. The molecule has 1 saturated heterocycles. The van der Waals surface area contributed by atoms with Gasteiger partial charge in [0.1, 0.15) is 29.3 Å². The number of nitrogens with zero attached hydrogens (tertiary/aromatic N) is 4. The highest BCUT2D eigenvalue weighted by Crippen LogP contribution is 2.46. The lowest BCUT2D eigenvalue weighted by Crippen LogP contribution is -2.49. The van der Waals surface area contributed by atoms with Gasteiger partial charge < -0.3 is 15.0 Å². The highest BCUT2D eigenvalue weighted by Gasteiger charge is 2.41. The van der Waals surface area contributed by atoms with E-state index < -0.39 is 29.2 Å². The van der Waals surface area contributed by atoms with Gasteiger partial charge in [-0.1, -0.05) is 30.0 Å². The molecule has 0 aromatic carbocycles. The van der Waals surface area contributed by atoms with Gasteiger partial charge in [-0.15, -0.1) is 0 Å². The Bertz CT molecular complexity index is 1090. The average Bonchev–Trinajstić information content (AvgIpc) is 2.76. The molecule has 4 heterocycles. The minimum atomic E-state index is -1.69. The van der Waals surface area contributed by atoms with Gasteiger partial charge in [-0.3, -0.25) is 5.32 Å². The summed E-state index contributed by atoms with van der Waals surface area (Å²) in [6.07, 6.45) is -0.766. The third-order valence-corrected chi connectivity index (χ3v) is 6.96. The maximum Gasteiger partial charge on any atom is 0.413 e. The molecule has 2 N–H and O–H groups in total. The Kier molecular flexibility index (Phi) is 6.50. The second-order valence-corrected chi connectivity index (χ2v) is 10.7. The Labute approximate surface area is 200 Å². The zero-order chi connectivity index (χ0) is 24.8. The summed E-state index contributed by atoms with van der Waals surface area (Å²) < 4.78 is 35.9. The number of cyclic esters (lactones) is 1. The van der Waals surface area contributed by atoms with Crippen LogP contribution in [0.25, 0.3) is 11.4 Å². The quantitative estimate of drug-likeness (QED) is 0.614. The molecule has 4 rings (SSSR count). The number of hydrogen-bond donors (Lipinski definition) is 2. The molecule has 0 aliphatic carbocycles. The molecule has 0 spiro atoms. The average molecular weight is 493 g/mol. The van der Waals surface area contributed by atoms with Crippen molar-refractivity contribution in [2.24, 2.45) is 5.41 Å². The van der Waals surface area contributed by atoms with Crippen LogP contribution in [0.15, 0.2) is 18.5 Å². The molecular weight excluding hydrogens is 461 g/mol. The maximum atomic E-state index is 16.2. The molecule has 2 aliphatic rings. The number of hydrogen-bond acceptors (Lipinski definition) is 7. The summed E-state index contributed by atoms with van der Waals surface area (Å²) in [6.45, 7) is 11.3. The van der Waals surface area contributed by atoms with Gasteiger partial charge in [0.2, 0.25) is 0 Å². The molecule has 0 saturated carbocycles. The van der Waals surface area contributed by atoms with Gasteiger partial charge in [0.15, 0.2) is 12.0 Å². The summed E-state index contributed by atoms with van der Waals surface area (Å²) in [5, 5.41) is 5.89. The number of ether oxygens (including phenoxy) is 1. The van der Waals surface area contributed by atoms with Crippen molar-refractivity contribution in [3.63, 3.8) is 0 Å². The Balaban J connectivity index is 1.92. The molecule has 8 nitrogen and oxygen atoms in total. The molecular formula is C23H31F2N6O2P. The van der Waals surface area contributed by atoms with Crippen LogP contribution in [0.3, 0.4) is 0 Å². The summed E-state index contributed by atoms with van der Waals surface area (Å²) >= 11 is 0. The minimum Gasteiger partial charge on any atom is -0.437 e. The SMILES string of the molecule is C[C@H]1CN(c2cc(C(C)(F)C(C)(C)C)cc(-c3ncnc4c3C(C(F)P)OC(=O)N4)n2)CCN1. The predicted octanol–water partition coefficient (Wildman–Crippen LogP) is 4.34. The van der Waals surface area contributed by atoms with Gasteiger partial charge in [0, 0.05) is 25.7 Å². The van der Waals surface area contributed by atoms with Crippen molar-refractivity contribution < 1.29 is 18.3 Å². The van der Waals surface area contributed by atoms with E-state index in [9.17, 15) is 9.18 Å². The van der Waals surface area contributed by atoms with Crippen LogP contribution in [0.2, 0.25) is 0 Å². The van der Waals surface area contributed by atoms with E-state index >= 15 is 4.39 Å². The summed E-state index contributed by atoms with van der Waals surface area (Å²) in [5.41, 5.74) is -1.03. The van der Waals surface area contributed by atoms with Crippen LogP contribution < -0.4 is 15.5 Å². The fourth-order valence-electron chi connectivity index (χ4n) is 4.14. The Morgan fingerprint density at radius 3 is 2.65 bits per heavy atom. The van der Waals surface area contributed by atoms with Crippen molar-refractivity contribution in [2.45, 2.75) is 58.3 Å². The number of carbonyl (C=O) groups excluding carboxylic acids is 1. The normalized spacial score (nSPS) is 23.4. The van der Waals surface area contributed by atoms with E-state index in [4.69, 9.17) is 9.72 Å². The first-order valence-electron chi connectivity index (χ1n) is 11.3. The van der Waals surface area contributed by atoms with Crippen LogP contribution in [-0.4, -0.2) is 52.6 Å². The van der Waals surface area contributed by atoms with Gasteiger partial charge in [-0.05, 0) is 37.0 Å². The molecule has 2 aromatic rings. The summed E-state index contributed by atoms with van der Waals surface area (Å²) in [4.78, 5) is 27.3. The molecule has 5 atom stereocenters. The van der Waals surface area contributed by atoms with Crippen molar-refractivity contribution in [1.29, 1.82) is 0 Å². The smallest absolute Gasteiger partial charge is 0.413 e. The highest BCUT2D eigenvalue weighted by molar-refractivity contribution is 7.17. The van der Waals surface area contributed by atoms with Crippen molar-refractivity contribution in [3.05, 3.63) is 29.6 Å². The van der Waals surface area contributed by atoms with E-state index in [0.29, 0.717) is 30.2 Å². The molecule has 0 radical (unpaired) electrons. The molecule has 1 fully saturated rings. The number of anilines is 2. The standard InChI is InChI=1S/C23H31F2N6O2P/c1-12-10-31(7-6-26-12)15-9-13(23(5,25)22(2,3)4)8-14(29-15)17-16-18(19(24)34)33-21(32)30-20(16)28-11-27-17/h8-9,11-12,18-19,26H,6-7,10,34H2,1-5H3,(H,27,28,30,32)/t12-,18?,19?,23?/m0/s1. The van der Waals surface area contributed by atoms with Crippen LogP contribution in [0.1, 0.15) is 51.8 Å². The van der Waals surface area contributed by atoms with Crippen molar-refractivity contribution in [2.75, 3.05) is 29.9 Å². The fourth-order valence-corrected chi connectivity index (χ4v) is 4.41. The van der Waals surface area contributed by atoms with Crippen LogP contribution in [0.5, 0.6) is 0 Å². The number of piperazine rings is 1. The van der Waals surface area contributed by atoms with Crippen molar-refractivity contribution >= 4 is 27.0 Å². The number of nitrogens with one attached hydrogen (secondary N) is 2. The largest absolute Gasteiger partial charge is 0.437 e. The first kappa shape index (κ1) is 24.7. The van der Waals surface area contributed by atoms with Crippen molar-refractivity contribution in [1.82, 2.24) is 20.3 Å². The van der Waals surface area contributed by atoms with Gasteiger partial charge >= 0.3 is 6.09 Å². The van der Waals surface area contributed by atoms with E-state index in [2.05, 4.69) is 32.4 Å². The third kappa shape index (κ3) is 4.58. The van der Waals surface area contributed by atoms with Crippen LogP contribution in [-0.2, 0) is 10.4 Å². The topological polar surface area (TPSA) is 92.3 Å². The number of halogens is 2. The van der Waals surface area contributed by atoms with Gasteiger partial charge in [0.25, 0.3) is 0 Å². The van der Waals surface area contributed by atoms with Gasteiger partial charge in [-0.2, -0.15) is 0 Å². The zero-order valence-corrected chi connectivity index (χ0v) is 21.2. The zero-order valence-electron chi connectivity index (χ0n) is 20.0. The first-order valence-corrected chi connectivity index (χ1v) is 12.0. The van der Waals surface area contributed by atoms with E-state index in [1.807, 2.05) is 30.0 Å². The van der Waals surface area contributed by atoms with E-state index in [1.54, 1.807) is 19.1 Å². The number of alkyl halides is 2. The summed E-state index contributed by atoms with van der Waals surface area (Å²) in [6, 6.07) is 3.67. The number of amides is 1. The van der Waals surface area contributed by atoms with Gasteiger partial charge in [-0.25, -0.2) is 28.5 Å². The number of carbonyl (C=O) groups is 1. The molecule has 34 heavy (non-hydrogen) atoms. The maximum absolute atomic E-state index is 16.2. The Morgan fingerprint density at radius 2 is 2.00 bits per heavy atom. The molecule has 0 bridgehead atoms. The number of fused-ring (bicyclic) bond motifs is 1. The van der Waals surface area contributed by atoms with E-state index in [-0.39, 0.29) is 23.1 Å². The number of rotatable bonds is 4. The fraction of sp³-hybridized carbons (Fsp3) is 0.565. The second kappa shape index (κ2) is 8.96. The highest BCUT2D eigenvalue weighted by atomic mass is 31.0. The van der Waals surface area contributed by atoms with Crippen LogP contribution in [0.4, 0.5) is 25.2 Å². The Hall–Kier alpha value is -2.45. The first-order chi connectivity index (χ1) is 15.9. The predicted molar refractivity (Wildman–Crippen MR) is 130 cm³/mol. The Morgan fingerprint density at radius 1 is 1.26 bits per heavy atom.